The van der Waals surface area contributed by atoms with E-state index >= 15 is 0 Å². The number of hydrogen-bond donors (Lipinski definition) is 2. The van der Waals surface area contributed by atoms with E-state index in [-0.39, 0.29) is 17.7 Å². The molecule has 0 atom stereocenters. The van der Waals surface area contributed by atoms with Crippen molar-refractivity contribution in [3.05, 3.63) is 35.5 Å². The Kier molecular flexibility index (Phi) is 8.03. The Morgan fingerprint density at radius 1 is 1.12 bits per heavy atom. The molecule has 1 amide bonds. The first-order valence-electron chi connectivity index (χ1n) is 13.8. The van der Waals surface area contributed by atoms with E-state index in [0.29, 0.717) is 77.8 Å². The number of ether oxygens (including phenoxy) is 3. The Bertz CT molecular complexity index is 1440. The largest absolute Gasteiger partial charge is 0.528 e. The second kappa shape index (κ2) is 11.5. The fourth-order valence-electron chi connectivity index (χ4n) is 4.81. The summed E-state index contributed by atoms with van der Waals surface area (Å²) in [6.45, 7) is 8.53. The lowest BCUT2D eigenvalue weighted by atomic mass is 10.0. The molecule has 220 valence electrons. The van der Waals surface area contributed by atoms with Gasteiger partial charge in [0.1, 0.15) is 28.9 Å². The first kappa shape index (κ1) is 28.6. The van der Waals surface area contributed by atoms with Crippen molar-refractivity contribution in [1.82, 2.24) is 25.3 Å². The molecule has 1 aliphatic heterocycles. The summed E-state index contributed by atoms with van der Waals surface area (Å²) < 4.78 is 31.3. The SMILES string of the molecule is COc1cc(OCC2CC2)c(-c2ncnc3c(C(=O)NC4CCN(OC(=O)OC(C)(C)C)CC4)c(C)[nH]c23)cc1F. The van der Waals surface area contributed by atoms with Crippen LogP contribution < -0.4 is 14.8 Å². The van der Waals surface area contributed by atoms with E-state index in [2.05, 4.69) is 20.3 Å². The first-order valence-corrected chi connectivity index (χ1v) is 13.8. The fourth-order valence-corrected chi connectivity index (χ4v) is 4.81. The summed E-state index contributed by atoms with van der Waals surface area (Å²) in [7, 11) is 1.41. The Labute approximate surface area is 237 Å². The monoisotopic (exact) mass is 569 g/mol. The van der Waals surface area contributed by atoms with Crippen LogP contribution in [0.5, 0.6) is 11.5 Å². The molecule has 3 heterocycles. The van der Waals surface area contributed by atoms with E-state index in [9.17, 15) is 14.0 Å². The van der Waals surface area contributed by atoms with Gasteiger partial charge in [0.05, 0.1) is 24.8 Å². The van der Waals surface area contributed by atoms with Gasteiger partial charge in [0.25, 0.3) is 5.91 Å². The Morgan fingerprint density at radius 2 is 1.85 bits per heavy atom. The van der Waals surface area contributed by atoms with E-state index in [0.717, 1.165) is 12.8 Å². The molecule has 2 aliphatic rings. The number of H-pyrrole nitrogens is 1. The topological polar surface area (TPSA) is 128 Å². The van der Waals surface area contributed by atoms with Gasteiger partial charge in [-0.05, 0) is 65.4 Å². The summed E-state index contributed by atoms with van der Waals surface area (Å²) in [6.07, 6.45) is 4.00. The van der Waals surface area contributed by atoms with E-state index in [1.807, 2.05) is 0 Å². The number of nitrogens with zero attached hydrogens (tertiary/aromatic N) is 3. The summed E-state index contributed by atoms with van der Waals surface area (Å²) in [4.78, 5) is 42.8. The van der Waals surface area contributed by atoms with Crippen LogP contribution in [-0.2, 0) is 9.57 Å². The van der Waals surface area contributed by atoms with Crippen molar-refractivity contribution >= 4 is 23.1 Å². The van der Waals surface area contributed by atoms with E-state index in [1.54, 1.807) is 32.8 Å². The maximum Gasteiger partial charge on any atom is 0.528 e. The Hall–Kier alpha value is -3.93. The average molecular weight is 570 g/mol. The van der Waals surface area contributed by atoms with Gasteiger partial charge in [-0.2, -0.15) is 0 Å². The Morgan fingerprint density at radius 3 is 2.51 bits per heavy atom. The molecule has 2 N–H and O–H groups in total. The average Bonchev–Trinajstić information content (AvgIpc) is 3.67. The molecular weight excluding hydrogens is 533 g/mol. The number of amides is 1. The number of carbonyl (C=O) groups excluding carboxylic acids is 2. The van der Waals surface area contributed by atoms with Crippen LogP contribution >= 0.6 is 0 Å². The summed E-state index contributed by atoms with van der Waals surface area (Å²) in [5, 5.41) is 4.63. The minimum atomic E-state index is -0.747. The Balaban J connectivity index is 1.33. The number of methoxy groups -OCH3 is 1. The number of carbonyl (C=O) groups is 2. The van der Waals surface area contributed by atoms with Crippen LogP contribution in [0.3, 0.4) is 0 Å². The fraction of sp³-hybridized carbons (Fsp3) is 0.517. The first-order chi connectivity index (χ1) is 19.5. The number of benzene rings is 1. The zero-order valence-electron chi connectivity index (χ0n) is 24.0. The van der Waals surface area contributed by atoms with Gasteiger partial charge in [-0.15, -0.1) is 5.06 Å². The third kappa shape index (κ3) is 6.70. The van der Waals surface area contributed by atoms with Crippen molar-refractivity contribution in [3.63, 3.8) is 0 Å². The molecule has 0 unspecified atom stereocenters. The highest BCUT2D eigenvalue weighted by Crippen LogP contribution is 2.39. The maximum absolute atomic E-state index is 14.8. The summed E-state index contributed by atoms with van der Waals surface area (Å²) in [5.41, 5.74) is 2.18. The zero-order chi connectivity index (χ0) is 29.3. The third-order valence-electron chi connectivity index (χ3n) is 7.06. The van der Waals surface area contributed by atoms with Gasteiger partial charge < -0.3 is 29.3 Å². The van der Waals surface area contributed by atoms with Gasteiger partial charge in [0, 0.05) is 36.5 Å². The molecule has 1 aliphatic carbocycles. The van der Waals surface area contributed by atoms with Gasteiger partial charge in [-0.1, -0.05) is 0 Å². The van der Waals surface area contributed by atoms with Crippen molar-refractivity contribution in [1.29, 1.82) is 0 Å². The van der Waals surface area contributed by atoms with Crippen LogP contribution in [0.25, 0.3) is 22.3 Å². The number of halogens is 1. The number of nitrogens with one attached hydrogen (secondary N) is 2. The molecule has 1 saturated heterocycles. The molecule has 1 aromatic carbocycles. The molecule has 2 fully saturated rings. The van der Waals surface area contributed by atoms with Gasteiger partial charge in [0.15, 0.2) is 11.6 Å². The lowest BCUT2D eigenvalue weighted by Gasteiger charge is -2.31. The van der Waals surface area contributed by atoms with Gasteiger partial charge in [-0.3, -0.25) is 4.79 Å². The second-order valence-corrected chi connectivity index (χ2v) is 11.5. The molecule has 41 heavy (non-hydrogen) atoms. The number of piperidine rings is 1. The minimum absolute atomic E-state index is 0.0788. The summed E-state index contributed by atoms with van der Waals surface area (Å²) in [6, 6.07) is 2.75. The van der Waals surface area contributed by atoms with Crippen LogP contribution in [0.15, 0.2) is 18.5 Å². The van der Waals surface area contributed by atoms with Gasteiger partial charge in [0.2, 0.25) is 0 Å². The standard InChI is InChI=1S/C29H36FN5O6/c1-16-23(27(36)34-18-8-10-35(11-9-18)41-28(37)40-29(2,3)4)25-26(33-16)24(31-15-32-25)19-12-20(30)22(38-5)13-21(19)39-14-17-6-7-17/h12-13,15,17-18,33H,6-11,14H2,1-5H3,(H,34,36). The lowest BCUT2D eigenvalue weighted by molar-refractivity contribution is -0.152. The van der Waals surface area contributed by atoms with Crippen LogP contribution in [0.4, 0.5) is 9.18 Å². The number of aryl methyl sites for hydroxylation is 1. The van der Waals surface area contributed by atoms with Crippen LogP contribution in [0, 0.1) is 18.7 Å². The lowest BCUT2D eigenvalue weighted by Crippen LogP contribution is -2.45. The van der Waals surface area contributed by atoms with Crippen LogP contribution in [0.2, 0.25) is 0 Å². The highest BCUT2D eigenvalue weighted by atomic mass is 19.1. The summed E-state index contributed by atoms with van der Waals surface area (Å²) >= 11 is 0. The van der Waals surface area contributed by atoms with Crippen molar-refractivity contribution < 1.29 is 33.0 Å². The highest BCUT2D eigenvalue weighted by molar-refractivity contribution is 6.09. The molecule has 5 rings (SSSR count). The number of aromatic amines is 1. The van der Waals surface area contributed by atoms with Crippen LogP contribution in [-0.4, -0.2) is 70.5 Å². The van der Waals surface area contributed by atoms with Crippen molar-refractivity contribution in [2.75, 3.05) is 26.8 Å². The molecule has 12 heteroatoms. The molecule has 0 spiro atoms. The molecule has 0 radical (unpaired) electrons. The van der Waals surface area contributed by atoms with E-state index < -0.39 is 17.6 Å². The molecular formula is C29H36FN5O6. The zero-order valence-corrected chi connectivity index (χ0v) is 24.0. The van der Waals surface area contributed by atoms with Crippen molar-refractivity contribution in [2.24, 2.45) is 5.92 Å². The van der Waals surface area contributed by atoms with E-state index in [1.165, 1.54) is 25.6 Å². The van der Waals surface area contributed by atoms with Crippen LogP contribution in [0.1, 0.15) is 62.5 Å². The highest BCUT2D eigenvalue weighted by Gasteiger charge is 2.29. The molecule has 3 aromatic rings. The quantitative estimate of drug-likeness (QED) is 0.363. The number of hydroxylamine groups is 2. The molecule has 1 saturated carbocycles. The van der Waals surface area contributed by atoms with Crippen molar-refractivity contribution in [3.8, 4) is 22.8 Å². The number of rotatable bonds is 8. The number of aromatic nitrogens is 3. The minimum Gasteiger partial charge on any atom is -0.494 e. The van der Waals surface area contributed by atoms with Gasteiger partial charge >= 0.3 is 6.16 Å². The molecule has 2 aromatic heterocycles. The predicted molar refractivity (Wildman–Crippen MR) is 148 cm³/mol. The summed E-state index contributed by atoms with van der Waals surface area (Å²) in [5.74, 6) is 0.194. The number of hydrogen-bond acceptors (Lipinski definition) is 9. The number of fused-ring (bicyclic) bond motifs is 1. The molecule has 0 bridgehead atoms. The predicted octanol–water partition coefficient (Wildman–Crippen LogP) is 4.93. The normalized spacial score (nSPS) is 16.4. The second-order valence-electron chi connectivity index (χ2n) is 11.5. The maximum atomic E-state index is 14.8. The van der Waals surface area contributed by atoms with Gasteiger partial charge in [-0.25, -0.2) is 19.2 Å². The van der Waals surface area contributed by atoms with E-state index in [4.69, 9.17) is 19.0 Å². The smallest absolute Gasteiger partial charge is 0.494 e. The third-order valence-corrected chi connectivity index (χ3v) is 7.06. The molecule has 11 nitrogen and oxygen atoms in total. The van der Waals surface area contributed by atoms with Crippen molar-refractivity contribution in [2.45, 2.75) is 65.0 Å².